The largest absolute Gasteiger partial charge is 0.508 e. The highest BCUT2D eigenvalue weighted by Crippen LogP contribution is 2.17. The highest BCUT2D eigenvalue weighted by atomic mass is 16.3. The van der Waals surface area contributed by atoms with E-state index < -0.39 is 0 Å². The average Bonchev–Trinajstić information content (AvgIpc) is 2.32. The predicted octanol–water partition coefficient (Wildman–Crippen LogP) is 3.24. The normalized spacial score (nSPS) is 10.2. The van der Waals surface area contributed by atoms with Crippen LogP contribution in [0.1, 0.15) is 27.0 Å². The monoisotopic (exact) mass is 226 g/mol. The summed E-state index contributed by atoms with van der Waals surface area (Å²) < 4.78 is 0. The van der Waals surface area contributed by atoms with Crippen LogP contribution in [0, 0.1) is 13.8 Å². The zero-order chi connectivity index (χ0) is 12.4. The molecule has 2 heteroatoms. The van der Waals surface area contributed by atoms with E-state index in [1.54, 1.807) is 18.2 Å². The molecule has 0 aliphatic heterocycles. The molecular formula is C15H14O2. The van der Waals surface area contributed by atoms with E-state index in [9.17, 15) is 9.90 Å². The molecule has 0 saturated heterocycles. The molecule has 0 fully saturated rings. The van der Waals surface area contributed by atoms with Crippen LogP contribution < -0.4 is 0 Å². The molecule has 0 amide bonds. The summed E-state index contributed by atoms with van der Waals surface area (Å²) in [5, 5.41) is 9.36. The maximum Gasteiger partial charge on any atom is 0.193 e. The second-order valence-corrected chi connectivity index (χ2v) is 4.18. The van der Waals surface area contributed by atoms with Crippen molar-refractivity contribution in [1.29, 1.82) is 0 Å². The minimum atomic E-state index is -0.0657. The van der Waals surface area contributed by atoms with E-state index in [2.05, 4.69) is 0 Å². The number of ketones is 1. The molecule has 0 spiro atoms. The van der Waals surface area contributed by atoms with Gasteiger partial charge < -0.3 is 5.11 Å². The van der Waals surface area contributed by atoms with E-state index in [1.165, 1.54) is 6.07 Å². The van der Waals surface area contributed by atoms with E-state index in [4.69, 9.17) is 0 Å². The van der Waals surface area contributed by atoms with E-state index in [0.717, 1.165) is 11.1 Å². The topological polar surface area (TPSA) is 37.3 Å². The number of hydrogen-bond donors (Lipinski definition) is 1. The van der Waals surface area contributed by atoms with Gasteiger partial charge in [0.25, 0.3) is 0 Å². The van der Waals surface area contributed by atoms with Crippen molar-refractivity contribution in [3.05, 3.63) is 64.7 Å². The molecule has 0 heterocycles. The van der Waals surface area contributed by atoms with Crippen LogP contribution in [0.3, 0.4) is 0 Å². The maximum absolute atomic E-state index is 12.2. The smallest absolute Gasteiger partial charge is 0.193 e. The van der Waals surface area contributed by atoms with E-state index in [1.807, 2.05) is 32.0 Å². The van der Waals surface area contributed by atoms with Crippen molar-refractivity contribution in [1.82, 2.24) is 0 Å². The van der Waals surface area contributed by atoms with Crippen LogP contribution in [-0.2, 0) is 0 Å². The fourth-order valence-electron chi connectivity index (χ4n) is 1.70. The van der Waals surface area contributed by atoms with Crippen molar-refractivity contribution in [2.75, 3.05) is 0 Å². The Morgan fingerprint density at radius 1 is 0.941 bits per heavy atom. The summed E-state index contributed by atoms with van der Waals surface area (Å²) in [4.78, 5) is 12.2. The summed E-state index contributed by atoms with van der Waals surface area (Å²) in [6.45, 7) is 3.99. The third kappa shape index (κ3) is 2.36. The zero-order valence-corrected chi connectivity index (χ0v) is 9.90. The number of aromatic hydroxyl groups is 1. The Bertz CT molecular complexity index is 571. The standard InChI is InChI=1S/C15H14O2/c1-10-6-7-13(8-11(10)2)15(17)12-4-3-5-14(16)9-12/h3-9,16H,1-2H3. The van der Waals surface area contributed by atoms with Gasteiger partial charge in [-0.1, -0.05) is 24.3 Å². The van der Waals surface area contributed by atoms with Crippen LogP contribution in [0.5, 0.6) is 5.75 Å². The van der Waals surface area contributed by atoms with Crippen LogP contribution in [0.15, 0.2) is 42.5 Å². The lowest BCUT2D eigenvalue weighted by Crippen LogP contribution is -2.01. The van der Waals surface area contributed by atoms with Crippen molar-refractivity contribution >= 4 is 5.78 Å². The number of carbonyl (C=O) groups is 1. The summed E-state index contributed by atoms with van der Waals surface area (Å²) >= 11 is 0. The number of phenols is 1. The lowest BCUT2D eigenvalue weighted by Gasteiger charge is -2.05. The molecule has 17 heavy (non-hydrogen) atoms. The molecule has 2 aromatic rings. The van der Waals surface area contributed by atoms with E-state index in [0.29, 0.717) is 11.1 Å². The highest BCUT2D eigenvalue weighted by molar-refractivity contribution is 6.09. The third-order valence-electron chi connectivity index (χ3n) is 2.88. The number of benzene rings is 2. The Labute approximate surface area is 101 Å². The number of carbonyl (C=O) groups excluding carboxylic acids is 1. The molecule has 0 aromatic heterocycles. The quantitative estimate of drug-likeness (QED) is 0.798. The van der Waals surface area contributed by atoms with Gasteiger partial charge >= 0.3 is 0 Å². The Morgan fingerprint density at radius 2 is 1.65 bits per heavy atom. The van der Waals surface area contributed by atoms with Gasteiger partial charge in [-0.15, -0.1) is 0 Å². The molecule has 0 saturated carbocycles. The number of rotatable bonds is 2. The summed E-state index contributed by atoms with van der Waals surface area (Å²) in [6, 6.07) is 12.0. The molecular weight excluding hydrogens is 212 g/mol. The molecule has 0 bridgehead atoms. The molecule has 0 aliphatic carbocycles. The van der Waals surface area contributed by atoms with Gasteiger partial charge in [-0.25, -0.2) is 0 Å². The van der Waals surface area contributed by atoms with Crippen LogP contribution in [0.4, 0.5) is 0 Å². The summed E-state index contributed by atoms with van der Waals surface area (Å²) in [5.74, 6) is 0.0451. The van der Waals surface area contributed by atoms with Crippen LogP contribution in [0.25, 0.3) is 0 Å². The lowest BCUT2D eigenvalue weighted by molar-refractivity contribution is 0.103. The van der Waals surface area contributed by atoms with E-state index in [-0.39, 0.29) is 11.5 Å². The van der Waals surface area contributed by atoms with Gasteiger partial charge in [-0.3, -0.25) is 4.79 Å². The van der Waals surface area contributed by atoms with Gasteiger partial charge in [0.15, 0.2) is 5.78 Å². The summed E-state index contributed by atoms with van der Waals surface area (Å²) in [7, 11) is 0. The minimum absolute atomic E-state index is 0.0657. The van der Waals surface area contributed by atoms with Crippen LogP contribution in [-0.4, -0.2) is 10.9 Å². The van der Waals surface area contributed by atoms with Gasteiger partial charge in [0.1, 0.15) is 5.75 Å². The number of aryl methyl sites for hydroxylation is 2. The van der Waals surface area contributed by atoms with Crippen molar-refractivity contribution in [2.24, 2.45) is 0 Å². The average molecular weight is 226 g/mol. The Hall–Kier alpha value is -2.09. The molecule has 86 valence electrons. The van der Waals surface area contributed by atoms with Gasteiger partial charge in [0, 0.05) is 11.1 Å². The molecule has 2 aromatic carbocycles. The van der Waals surface area contributed by atoms with Crippen molar-refractivity contribution in [2.45, 2.75) is 13.8 Å². The molecule has 0 radical (unpaired) electrons. The van der Waals surface area contributed by atoms with Crippen molar-refractivity contribution < 1.29 is 9.90 Å². The third-order valence-corrected chi connectivity index (χ3v) is 2.88. The van der Waals surface area contributed by atoms with Gasteiger partial charge in [0.05, 0.1) is 0 Å². The summed E-state index contributed by atoms with van der Waals surface area (Å²) in [6.07, 6.45) is 0. The number of phenolic OH excluding ortho intramolecular Hbond substituents is 1. The molecule has 0 atom stereocenters. The molecule has 0 aliphatic rings. The van der Waals surface area contributed by atoms with Crippen molar-refractivity contribution in [3.63, 3.8) is 0 Å². The van der Waals surface area contributed by atoms with Crippen LogP contribution >= 0.6 is 0 Å². The fourth-order valence-corrected chi connectivity index (χ4v) is 1.70. The van der Waals surface area contributed by atoms with Crippen molar-refractivity contribution in [3.8, 4) is 5.75 Å². The fraction of sp³-hybridized carbons (Fsp3) is 0.133. The predicted molar refractivity (Wildman–Crippen MR) is 67.5 cm³/mol. The molecule has 2 rings (SSSR count). The zero-order valence-electron chi connectivity index (χ0n) is 9.90. The first kappa shape index (κ1) is 11.4. The lowest BCUT2D eigenvalue weighted by atomic mass is 9.99. The second-order valence-electron chi connectivity index (χ2n) is 4.18. The first-order valence-electron chi connectivity index (χ1n) is 5.49. The highest BCUT2D eigenvalue weighted by Gasteiger charge is 2.10. The Balaban J connectivity index is 2.40. The van der Waals surface area contributed by atoms with Gasteiger partial charge in [-0.05, 0) is 43.2 Å². The second kappa shape index (κ2) is 4.42. The first-order chi connectivity index (χ1) is 8.08. The Kier molecular flexibility index (Phi) is 2.96. The SMILES string of the molecule is Cc1ccc(C(=O)c2cccc(O)c2)cc1C. The van der Waals surface area contributed by atoms with Gasteiger partial charge in [-0.2, -0.15) is 0 Å². The Morgan fingerprint density at radius 3 is 2.29 bits per heavy atom. The van der Waals surface area contributed by atoms with E-state index >= 15 is 0 Å². The van der Waals surface area contributed by atoms with Crippen LogP contribution in [0.2, 0.25) is 0 Å². The number of hydrogen-bond acceptors (Lipinski definition) is 2. The minimum Gasteiger partial charge on any atom is -0.508 e. The first-order valence-corrected chi connectivity index (χ1v) is 5.49. The molecule has 0 unspecified atom stereocenters. The summed E-state index contributed by atoms with van der Waals surface area (Å²) in [5.41, 5.74) is 3.42. The molecule has 1 N–H and O–H groups in total. The van der Waals surface area contributed by atoms with Gasteiger partial charge in [0.2, 0.25) is 0 Å². The maximum atomic E-state index is 12.2. The molecule has 2 nitrogen and oxygen atoms in total.